The Morgan fingerprint density at radius 1 is 1.11 bits per heavy atom. The van der Waals surface area contributed by atoms with E-state index in [0.29, 0.717) is 6.61 Å². The molecule has 1 fully saturated rings. The van der Waals surface area contributed by atoms with E-state index in [1.165, 1.54) is 10.4 Å². The summed E-state index contributed by atoms with van der Waals surface area (Å²) in [6, 6.07) is 20.9. The second-order valence-corrected chi connectivity index (χ2v) is 14.1. The van der Waals surface area contributed by atoms with E-state index in [-0.39, 0.29) is 21.4 Å². The maximum absolute atomic E-state index is 11.6. The topological polar surface area (TPSA) is 55.8 Å². The Kier molecular flexibility index (Phi) is 6.64. The average Bonchev–Trinajstić information content (AvgIpc) is 3.01. The maximum atomic E-state index is 11.6. The number of hydrogen-bond acceptors (Lipinski definition) is 4. The molecule has 1 N–H and O–H groups in total. The van der Waals surface area contributed by atoms with Crippen molar-refractivity contribution in [2.45, 2.75) is 48.4 Å². The Bertz CT molecular complexity index is 752. The molecule has 150 valence electrons. The van der Waals surface area contributed by atoms with Gasteiger partial charge in [0, 0.05) is 0 Å². The van der Waals surface area contributed by atoms with Crippen LogP contribution in [0.15, 0.2) is 60.7 Å². The van der Waals surface area contributed by atoms with Crippen LogP contribution in [0.1, 0.15) is 27.2 Å². The minimum atomic E-state index is -2.63. The van der Waals surface area contributed by atoms with Gasteiger partial charge in [-0.2, -0.15) is 0 Å². The van der Waals surface area contributed by atoms with Gasteiger partial charge in [-0.15, -0.1) is 0 Å². The van der Waals surface area contributed by atoms with Crippen LogP contribution in [-0.4, -0.2) is 42.1 Å². The number of alkyl halides is 1. The SMILES string of the molecule is CC(C)(C)[Si](OC[C@@H](I)[C@H]1OC(=O)C[C@@H]1O)(c1ccccc1)c1ccccc1. The van der Waals surface area contributed by atoms with Crippen LogP contribution in [0.25, 0.3) is 0 Å². The fourth-order valence-corrected chi connectivity index (χ4v) is 9.67. The van der Waals surface area contributed by atoms with E-state index in [4.69, 9.17) is 9.16 Å². The second kappa shape index (κ2) is 8.65. The summed E-state index contributed by atoms with van der Waals surface area (Å²) in [7, 11) is -2.63. The molecule has 0 aromatic heterocycles. The Morgan fingerprint density at radius 3 is 2.00 bits per heavy atom. The van der Waals surface area contributed by atoms with Crippen molar-refractivity contribution in [3.05, 3.63) is 60.7 Å². The first-order valence-electron chi connectivity index (χ1n) is 9.52. The highest BCUT2D eigenvalue weighted by molar-refractivity contribution is 14.1. The number of halogens is 1. The summed E-state index contributed by atoms with van der Waals surface area (Å²) >= 11 is 2.24. The molecule has 4 nitrogen and oxygen atoms in total. The van der Waals surface area contributed by atoms with Crippen LogP contribution in [0.4, 0.5) is 0 Å². The lowest BCUT2D eigenvalue weighted by atomic mass is 10.1. The highest BCUT2D eigenvalue weighted by atomic mass is 127. The molecule has 1 aliphatic rings. The predicted octanol–water partition coefficient (Wildman–Crippen LogP) is 3.04. The molecule has 28 heavy (non-hydrogen) atoms. The second-order valence-electron chi connectivity index (χ2n) is 8.22. The Hall–Kier alpha value is -1.22. The molecule has 0 unspecified atom stereocenters. The number of ether oxygens (including phenoxy) is 1. The van der Waals surface area contributed by atoms with Crippen LogP contribution in [0.2, 0.25) is 5.04 Å². The lowest BCUT2D eigenvalue weighted by Gasteiger charge is -2.43. The summed E-state index contributed by atoms with van der Waals surface area (Å²) in [5.74, 6) is -0.343. The third-order valence-corrected chi connectivity index (χ3v) is 11.3. The first-order valence-corrected chi connectivity index (χ1v) is 12.7. The van der Waals surface area contributed by atoms with E-state index < -0.39 is 20.5 Å². The molecule has 1 aliphatic heterocycles. The van der Waals surface area contributed by atoms with Crippen molar-refractivity contribution in [2.75, 3.05) is 6.61 Å². The number of cyclic esters (lactones) is 1. The lowest BCUT2D eigenvalue weighted by molar-refractivity contribution is -0.141. The van der Waals surface area contributed by atoms with Crippen LogP contribution >= 0.6 is 22.6 Å². The van der Waals surface area contributed by atoms with Crippen molar-refractivity contribution in [2.24, 2.45) is 0 Å². The number of aliphatic hydroxyl groups excluding tert-OH is 1. The number of rotatable bonds is 6. The number of benzene rings is 2. The highest BCUT2D eigenvalue weighted by Crippen LogP contribution is 2.37. The Labute approximate surface area is 181 Å². The molecule has 3 rings (SSSR count). The van der Waals surface area contributed by atoms with Crippen LogP contribution in [-0.2, 0) is 14.0 Å². The molecule has 1 heterocycles. The zero-order chi connectivity index (χ0) is 20.4. The van der Waals surface area contributed by atoms with Crippen LogP contribution in [0.5, 0.6) is 0 Å². The van der Waals surface area contributed by atoms with E-state index in [9.17, 15) is 9.90 Å². The van der Waals surface area contributed by atoms with Crippen molar-refractivity contribution in [3.63, 3.8) is 0 Å². The van der Waals surface area contributed by atoms with Crippen molar-refractivity contribution < 1.29 is 19.1 Å². The van der Waals surface area contributed by atoms with Gasteiger partial charge in [0.2, 0.25) is 0 Å². The normalized spacial score (nSPS) is 21.4. The van der Waals surface area contributed by atoms with Gasteiger partial charge in [-0.3, -0.25) is 4.79 Å². The number of aliphatic hydroxyl groups is 1. The fraction of sp³-hybridized carbons (Fsp3) is 0.409. The molecule has 6 heteroatoms. The zero-order valence-electron chi connectivity index (χ0n) is 16.5. The fourth-order valence-electron chi connectivity index (χ4n) is 3.94. The van der Waals surface area contributed by atoms with Crippen LogP contribution in [0, 0.1) is 0 Å². The standard InChI is InChI=1S/C22H27IO4Si/c1-22(2,3)28(16-10-6-4-7-11-16,17-12-8-5-9-13-17)26-15-18(23)21-19(24)14-20(25)27-21/h4-13,18-19,21,24H,14-15H2,1-3H3/t18-,19+,21-/m1/s1. The molecule has 0 aliphatic carbocycles. The molecule has 0 spiro atoms. The molecule has 3 atom stereocenters. The van der Waals surface area contributed by atoms with Gasteiger partial charge >= 0.3 is 5.97 Å². The molecular formula is C22H27IO4Si. The first kappa shape index (κ1) is 21.5. The molecular weight excluding hydrogens is 483 g/mol. The molecule has 2 aromatic carbocycles. The van der Waals surface area contributed by atoms with Gasteiger partial charge in [-0.25, -0.2) is 0 Å². The van der Waals surface area contributed by atoms with Gasteiger partial charge in [0.15, 0.2) is 0 Å². The third-order valence-electron chi connectivity index (χ3n) is 5.25. The summed E-state index contributed by atoms with van der Waals surface area (Å²) in [6.45, 7) is 7.09. The molecule has 0 bridgehead atoms. The molecule has 0 radical (unpaired) electrons. The van der Waals surface area contributed by atoms with Gasteiger partial charge in [0.25, 0.3) is 8.32 Å². The van der Waals surface area contributed by atoms with Crippen molar-refractivity contribution in [3.8, 4) is 0 Å². The van der Waals surface area contributed by atoms with Crippen molar-refractivity contribution in [1.82, 2.24) is 0 Å². The minimum absolute atomic E-state index is 0.0589. The summed E-state index contributed by atoms with van der Waals surface area (Å²) in [5.41, 5.74) is 0. The Morgan fingerprint density at radius 2 is 1.61 bits per heavy atom. The quantitative estimate of drug-likeness (QED) is 0.281. The summed E-state index contributed by atoms with van der Waals surface area (Å²) < 4.78 is 12.1. The highest BCUT2D eigenvalue weighted by Gasteiger charge is 2.51. The van der Waals surface area contributed by atoms with Crippen LogP contribution < -0.4 is 10.4 Å². The van der Waals surface area contributed by atoms with Gasteiger partial charge in [-0.1, -0.05) is 104 Å². The minimum Gasteiger partial charge on any atom is -0.458 e. The van der Waals surface area contributed by atoms with E-state index in [1.807, 2.05) is 12.1 Å². The van der Waals surface area contributed by atoms with E-state index in [2.05, 4.69) is 91.9 Å². The predicted molar refractivity (Wildman–Crippen MR) is 122 cm³/mol. The molecule has 1 saturated heterocycles. The number of hydrogen-bond donors (Lipinski definition) is 1. The summed E-state index contributed by atoms with van der Waals surface area (Å²) in [5, 5.41) is 12.5. The number of esters is 1. The Balaban J connectivity index is 1.98. The van der Waals surface area contributed by atoms with Gasteiger partial charge < -0.3 is 14.3 Å². The number of carbonyl (C=O) groups is 1. The molecule has 2 aromatic rings. The summed E-state index contributed by atoms with van der Waals surface area (Å²) in [4.78, 5) is 11.6. The van der Waals surface area contributed by atoms with Crippen molar-refractivity contribution >= 4 is 47.3 Å². The van der Waals surface area contributed by atoms with Gasteiger partial charge in [0.1, 0.15) is 12.2 Å². The smallest absolute Gasteiger partial charge is 0.308 e. The zero-order valence-corrected chi connectivity index (χ0v) is 19.6. The van der Waals surface area contributed by atoms with E-state index in [0.717, 1.165) is 0 Å². The lowest BCUT2D eigenvalue weighted by Crippen LogP contribution is -2.67. The van der Waals surface area contributed by atoms with Gasteiger partial charge in [0.05, 0.1) is 17.0 Å². The van der Waals surface area contributed by atoms with Crippen LogP contribution in [0.3, 0.4) is 0 Å². The van der Waals surface area contributed by atoms with Crippen molar-refractivity contribution in [1.29, 1.82) is 0 Å². The molecule has 0 saturated carbocycles. The van der Waals surface area contributed by atoms with Gasteiger partial charge in [-0.05, 0) is 15.4 Å². The molecule has 0 amide bonds. The third kappa shape index (κ3) is 4.20. The van der Waals surface area contributed by atoms with E-state index >= 15 is 0 Å². The monoisotopic (exact) mass is 510 g/mol. The maximum Gasteiger partial charge on any atom is 0.308 e. The number of carbonyl (C=O) groups excluding carboxylic acids is 1. The largest absolute Gasteiger partial charge is 0.458 e. The van der Waals surface area contributed by atoms with E-state index in [1.54, 1.807) is 0 Å². The average molecular weight is 510 g/mol. The summed E-state index contributed by atoms with van der Waals surface area (Å²) in [6.07, 6.45) is -1.23. The first-order chi connectivity index (χ1) is 13.3.